The highest BCUT2D eigenvalue weighted by Crippen LogP contribution is 2.44. The van der Waals surface area contributed by atoms with Crippen molar-refractivity contribution in [3.63, 3.8) is 0 Å². The lowest BCUT2D eigenvalue weighted by Crippen LogP contribution is -1.98. The third-order valence-corrected chi connectivity index (χ3v) is 16.4. The highest BCUT2D eigenvalue weighted by Gasteiger charge is 2.21. The van der Waals surface area contributed by atoms with Gasteiger partial charge in [-0.2, -0.15) is 0 Å². The Balaban J connectivity index is 0.807. The van der Waals surface area contributed by atoms with Crippen LogP contribution in [0.25, 0.3) is 119 Å². The molecule has 0 amide bonds. The van der Waals surface area contributed by atoms with Gasteiger partial charge in [-0.1, -0.05) is 72.8 Å². The summed E-state index contributed by atoms with van der Waals surface area (Å²) in [6.07, 6.45) is 7.35. The second-order valence-corrected chi connectivity index (χ2v) is 21.4. The zero-order chi connectivity index (χ0) is 51.8. The number of hydrogen-bond acceptors (Lipinski definition) is 10. The molecule has 0 saturated carbocycles. The molecular weight excluding hydrogens is 1000 g/mol. The van der Waals surface area contributed by atoms with Crippen molar-refractivity contribution < 1.29 is 9.47 Å². The Morgan fingerprint density at radius 3 is 1.27 bits per heavy atom. The summed E-state index contributed by atoms with van der Waals surface area (Å²) in [7, 11) is 0. The van der Waals surface area contributed by atoms with Gasteiger partial charge >= 0.3 is 0 Å². The number of benzene rings is 8. The Morgan fingerprint density at radius 1 is 0.385 bits per heavy atom. The van der Waals surface area contributed by atoms with Crippen molar-refractivity contribution in [3.05, 3.63) is 230 Å². The van der Waals surface area contributed by atoms with Crippen LogP contribution in [-0.2, 0) is 0 Å². The van der Waals surface area contributed by atoms with Crippen LogP contribution in [0.4, 0.5) is 0 Å². The summed E-state index contributed by atoms with van der Waals surface area (Å²) in [4.78, 5) is 29.8. The summed E-state index contributed by atoms with van der Waals surface area (Å²) < 4.78 is 20.6. The van der Waals surface area contributed by atoms with Crippen LogP contribution in [0.1, 0.15) is 11.1 Å². The third-order valence-electron chi connectivity index (χ3n) is 14.3. The largest absolute Gasteiger partial charge is 0.457 e. The minimum atomic E-state index is 0.647. The molecule has 8 aromatic carbocycles. The molecular formula is C66H42N8O2S2. The zero-order valence-electron chi connectivity index (χ0n) is 42.0. The molecule has 0 radical (unpaired) electrons. The topological polar surface area (TPSA) is 106 Å². The molecule has 7 heterocycles. The first-order valence-electron chi connectivity index (χ1n) is 25.5. The van der Waals surface area contributed by atoms with E-state index < -0.39 is 0 Å². The van der Waals surface area contributed by atoms with E-state index in [1.807, 2.05) is 97.6 Å². The van der Waals surface area contributed by atoms with Crippen molar-refractivity contribution in [3.8, 4) is 78.3 Å². The van der Waals surface area contributed by atoms with E-state index in [1.54, 1.807) is 22.7 Å². The van der Waals surface area contributed by atoms with Crippen molar-refractivity contribution in [1.29, 1.82) is 0 Å². The van der Waals surface area contributed by atoms with Crippen molar-refractivity contribution in [1.82, 2.24) is 39.0 Å². The molecule has 7 aromatic heterocycles. The highest BCUT2D eigenvalue weighted by molar-refractivity contribution is 7.22. The van der Waals surface area contributed by atoms with Crippen LogP contribution >= 0.6 is 22.7 Å². The van der Waals surface area contributed by atoms with Crippen molar-refractivity contribution >= 4 is 86.7 Å². The number of hydrogen-bond donors (Lipinski definition) is 0. The quantitative estimate of drug-likeness (QED) is 0.133. The molecule has 0 spiro atoms. The lowest BCUT2D eigenvalue weighted by molar-refractivity contribution is 0.485. The van der Waals surface area contributed by atoms with Crippen molar-refractivity contribution in [2.75, 3.05) is 0 Å². The fourth-order valence-corrected chi connectivity index (χ4v) is 12.5. The Hall–Kier alpha value is -9.88. The molecule has 0 N–H and O–H groups in total. The molecule has 78 heavy (non-hydrogen) atoms. The number of rotatable bonds is 10. The Morgan fingerprint density at radius 2 is 0.821 bits per heavy atom. The van der Waals surface area contributed by atoms with Gasteiger partial charge in [0.1, 0.15) is 44.6 Å². The van der Waals surface area contributed by atoms with Gasteiger partial charge in [0.15, 0.2) is 0 Å². The molecule has 10 nitrogen and oxygen atoms in total. The van der Waals surface area contributed by atoms with E-state index in [4.69, 9.17) is 39.4 Å². The summed E-state index contributed by atoms with van der Waals surface area (Å²) in [5.74, 6) is 4.35. The second-order valence-electron chi connectivity index (χ2n) is 19.3. The molecule has 15 aromatic rings. The lowest BCUT2D eigenvalue weighted by atomic mass is 10.1. The van der Waals surface area contributed by atoms with Crippen LogP contribution < -0.4 is 9.47 Å². The number of aromatic nitrogens is 8. The van der Waals surface area contributed by atoms with E-state index in [1.165, 1.54) is 0 Å². The van der Waals surface area contributed by atoms with Crippen LogP contribution in [0.3, 0.4) is 0 Å². The lowest BCUT2D eigenvalue weighted by Gasteiger charge is -2.14. The molecule has 0 aliphatic heterocycles. The van der Waals surface area contributed by atoms with E-state index in [0.717, 1.165) is 119 Å². The fraction of sp³-hybridized carbons (Fsp3) is 0.0303. The average molecular weight is 1040 g/mol. The van der Waals surface area contributed by atoms with Gasteiger partial charge in [-0.15, -0.1) is 22.7 Å². The van der Waals surface area contributed by atoms with Gasteiger partial charge in [-0.25, -0.2) is 19.9 Å². The number of aryl methyl sites for hydroxylation is 2. The van der Waals surface area contributed by atoms with Crippen LogP contribution in [0, 0.1) is 13.8 Å². The van der Waals surface area contributed by atoms with Gasteiger partial charge in [0.25, 0.3) is 0 Å². The number of ether oxygens (including phenoxy) is 2. The van der Waals surface area contributed by atoms with E-state index in [0.29, 0.717) is 34.4 Å². The maximum absolute atomic E-state index is 7.00. The zero-order valence-corrected chi connectivity index (χ0v) is 43.6. The predicted octanol–water partition coefficient (Wildman–Crippen LogP) is 17.5. The number of thiazole rings is 2. The minimum absolute atomic E-state index is 0.647. The predicted molar refractivity (Wildman–Crippen MR) is 317 cm³/mol. The Labute approximate surface area is 454 Å². The molecule has 0 saturated heterocycles. The third kappa shape index (κ3) is 7.92. The first-order valence-corrected chi connectivity index (χ1v) is 27.2. The first kappa shape index (κ1) is 45.5. The molecule has 370 valence electrons. The molecule has 0 unspecified atom stereocenters. The summed E-state index contributed by atoms with van der Waals surface area (Å²) in [6, 6.07) is 66.4. The van der Waals surface area contributed by atoms with E-state index >= 15 is 0 Å². The van der Waals surface area contributed by atoms with Gasteiger partial charge in [-0.3, -0.25) is 19.1 Å². The number of para-hydroxylation sites is 4. The Bertz CT molecular complexity index is 4490. The average Bonchev–Trinajstić information content (AvgIpc) is 4.46. The van der Waals surface area contributed by atoms with Gasteiger partial charge in [0.05, 0.1) is 77.4 Å². The highest BCUT2D eigenvalue weighted by atomic mass is 32.1. The number of pyridine rings is 2. The van der Waals surface area contributed by atoms with Crippen LogP contribution in [-0.4, -0.2) is 39.0 Å². The number of fused-ring (bicyclic) bond motifs is 8. The van der Waals surface area contributed by atoms with Crippen molar-refractivity contribution in [2.45, 2.75) is 13.8 Å². The first-order chi connectivity index (χ1) is 38.4. The minimum Gasteiger partial charge on any atom is -0.457 e. The SMILES string of the molecule is Cc1ccnc(-n2c3ccccc3c3ccc(Oc4cc(-c5cnc(-c6ccc(-c7nc8ccccc8s7)c(Oc7ccc8c9ccccc9n(-c9cc(C)ccn9)c8c7)c6)cn5)ccc4-c4nc5ccccc5s4)cc32)c1. The standard InChI is InChI=1S/C66H42N8O2S2/c1-39-27-29-67-63(31-39)73-55-15-7-3-11-45(55)47-25-21-43(35-57(47)73)75-59-33-41(19-23-49(59)65-71-51-13-5-9-17-61(51)77-65)53-37-70-54(38-69-53)42-20-24-50(66-72-52-14-6-10-18-62(52)78-66)60(34-42)76-44-22-26-48-46-12-4-8-16-56(46)74(58(48)36-44)64-32-40(2)28-30-68-64/h3-38H,1-2H3. The van der Waals surface area contributed by atoms with E-state index in [2.05, 4.69) is 144 Å². The van der Waals surface area contributed by atoms with Crippen LogP contribution in [0.2, 0.25) is 0 Å². The van der Waals surface area contributed by atoms with Gasteiger partial charge in [0.2, 0.25) is 0 Å². The summed E-state index contributed by atoms with van der Waals surface area (Å²) in [5.41, 5.74) is 13.1. The summed E-state index contributed by atoms with van der Waals surface area (Å²) in [5, 5.41) is 6.22. The molecule has 0 aliphatic carbocycles. The van der Waals surface area contributed by atoms with Gasteiger partial charge < -0.3 is 9.47 Å². The molecule has 0 fully saturated rings. The fourth-order valence-electron chi connectivity index (χ4n) is 10.5. The monoisotopic (exact) mass is 1040 g/mol. The molecule has 0 aliphatic rings. The van der Waals surface area contributed by atoms with Gasteiger partial charge in [-0.05, 0) is 134 Å². The van der Waals surface area contributed by atoms with Crippen LogP contribution in [0.5, 0.6) is 23.0 Å². The molecule has 0 bridgehead atoms. The summed E-state index contributed by atoms with van der Waals surface area (Å²) in [6.45, 7) is 4.18. The van der Waals surface area contributed by atoms with E-state index in [9.17, 15) is 0 Å². The Kier molecular flexibility index (Phi) is 10.8. The smallest absolute Gasteiger partial charge is 0.138 e. The maximum atomic E-state index is 7.00. The maximum Gasteiger partial charge on any atom is 0.138 e. The van der Waals surface area contributed by atoms with Crippen molar-refractivity contribution in [2.24, 2.45) is 0 Å². The molecule has 15 rings (SSSR count). The number of nitrogens with zero attached hydrogens (tertiary/aromatic N) is 8. The summed E-state index contributed by atoms with van der Waals surface area (Å²) >= 11 is 3.27. The molecule has 12 heteroatoms. The van der Waals surface area contributed by atoms with E-state index in [-0.39, 0.29) is 0 Å². The van der Waals surface area contributed by atoms with Gasteiger partial charge in [0, 0.05) is 57.2 Å². The normalized spacial score (nSPS) is 11.7. The second kappa shape index (κ2) is 18.4. The molecule has 0 atom stereocenters. The van der Waals surface area contributed by atoms with Crippen LogP contribution in [0.15, 0.2) is 219 Å².